The summed E-state index contributed by atoms with van der Waals surface area (Å²) in [7, 11) is 0. The van der Waals surface area contributed by atoms with Crippen LogP contribution in [0.4, 0.5) is 0 Å². The molecule has 3 saturated carbocycles. The molecule has 4 rings (SSSR count). The van der Waals surface area contributed by atoms with Crippen LogP contribution in [0.2, 0.25) is 0 Å². The van der Waals surface area contributed by atoms with Gasteiger partial charge in [-0.1, -0.05) is 18.0 Å². The van der Waals surface area contributed by atoms with E-state index >= 15 is 0 Å². The topological polar surface area (TPSA) is 105 Å². The number of aliphatic carboxylic acids is 1. The lowest BCUT2D eigenvalue weighted by atomic mass is 9.72. The number of carbonyl (C=O) groups excluding carboxylic acids is 1. The lowest BCUT2D eigenvalue weighted by Gasteiger charge is -2.36. The Kier molecular flexibility index (Phi) is 3.39. The molecular weight excluding hydrogens is 298 g/mol. The second-order valence-electron chi connectivity index (χ2n) is 7.14. The molecule has 2 atom stereocenters. The third-order valence-electron chi connectivity index (χ3n) is 5.54. The molecule has 1 amide bonds. The van der Waals surface area contributed by atoms with Gasteiger partial charge < -0.3 is 14.9 Å². The zero-order valence-corrected chi connectivity index (χ0v) is 13.0. The molecule has 0 aliphatic heterocycles. The molecule has 3 fully saturated rings. The van der Waals surface area contributed by atoms with Gasteiger partial charge in [-0.2, -0.15) is 4.98 Å². The van der Waals surface area contributed by atoms with Gasteiger partial charge in [-0.15, -0.1) is 0 Å². The molecule has 23 heavy (non-hydrogen) atoms. The van der Waals surface area contributed by atoms with Crippen LogP contribution >= 0.6 is 0 Å². The van der Waals surface area contributed by atoms with E-state index in [0.717, 1.165) is 38.5 Å². The number of hydrogen-bond donors (Lipinski definition) is 2. The van der Waals surface area contributed by atoms with Gasteiger partial charge in [-0.05, 0) is 38.5 Å². The molecule has 2 unspecified atom stereocenters. The van der Waals surface area contributed by atoms with Crippen molar-refractivity contribution in [1.29, 1.82) is 0 Å². The van der Waals surface area contributed by atoms with Crippen molar-refractivity contribution in [2.45, 2.75) is 62.8 Å². The number of carboxylic acids is 1. The number of aromatic nitrogens is 2. The third kappa shape index (κ3) is 2.52. The average Bonchev–Trinajstić information content (AvgIpc) is 2.98. The van der Waals surface area contributed by atoms with E-state index in [9.17, 15) is 9.59 Å². The predicted molar refractivity (Wildman–Crippen MR) is 78.4 cm³/mol. The molecule has 1 heterocycles. The first-order valence-electron chi connectivity index (χ1n) is 8.48. The van der Waals surface area contributed by atoms with Crippen molar-refractivity contribution in [3.8, 4) is 0 Å². The Morgan fingerprint density at radius 2 is 1.83 bits per heavy atom. The second-order valence-corrected chi connectivity index (χ2v) is 7.14. The van der Waals surface area contributed by atoms with Gasteiger partial charge in [0, 0.05) is 5.92 Å². The molecule has 124 valence electrons. The summed E-state index contributed by atoms with van der Waals surface area (Å²) in [5.74, 6) is -0.422. The van der Waals surface area contributed by atoms with Crippen molar-refractivity contribution >= 4 is 11.9 Å². The highest BCUT2D eigenvalue weighted by Crippen LogP contribution is 2.43. The van der Waals surface area contributed by atoms with Crippen LogP contribution in [-0.2, 0) is 15.1 Å². The SMILES string of the molecule is O=C(O)C1CCC1C(=O)NC1(c2noc(C3CC3)n2)CCCC1. The summed E-state index contributed by atoms with van der Waals surface area (Å²) in [6, 6.07) is 0. The van der Waals surface area contributed by atoms with E-state index in [4.69, 9.17) is 9.63 Å². The van der Waals surface area contributed by atoms with Gasteiger partial charge in [0.15, 0.2) is 5.82 Å². The van der Waals surface area contributed by atoms with Gasteiger partial charge in [-0.25, -0.2) is 0 Å². The van der Waals surface area contributed by atoms with Crippen LogP contribution in [0.15, 0.2) is 4.52 Å². The standard InChI is InChI=1S/C16H21N3O4/c20-12(10-5-6-11(10)14(21)22)18-16(7-1-2-8-16)15-17-13(23-19-15)9-3-4-9/h9-11H,1-8H2,(H,18,20)(H,21,22). The van der Waals surface area contributed by atoms with Crippen LogP contribution in [0.25, 0.3) is 0 Å². The van der Waals surface area contributed by atoms with E-state index < -0.39 is 23.3 Å². The normalized spacial score (nSPS) is 29.0. The number of rotatable bonds is 5. The van der Waals surface area contributed by atoms with Gasteiger partial charge in [-0.3, -0.25) is 9.59 Å². The fraction of sp³-hybridized carbons (Fsp3) is 0.750. The van der Waals surface area contributed by atoms with E-state index in [2.05, 4.69) is 15.5 Å². The van der Waals surface area contributed by atoms with E-state index in [1.165, 1.54) is 0 Å². The maximum absolute atomic E-state index is 12.6. The van der Waals surface area contributed by atoms with E-state index in [0.29, 0.717) is 30.5 Å². The summed E-state index contributed by atoms with van der Waals surface area (Å²) in [5, 5.41) is 16.4. The minimum absolute atomic E-state index is 0.177. The lowest BCUT2D eigenvalue weighted by Crippen LogP contribution is -2.51. The molecule has 3 aliphatic rings. The summed E-state index contributed by atoms with van der Waals surface area (Å²) < 4.78 is 5.36. The molecule has 0 bridgehead atoms. The first-order chi connectivity index (χ1) is 11.1. The molecule has 1 aromatic rings. The van der Waals surface area contributed by atoms with Gasteiger partial charge in [0.05, 0.1) is 11.8 Å². The summed E-state index contributed by atoms with van der Waals surface area (Å²) in [6.45, 7) is 0. The lowest BCUT2D eigenvalue weighted by molar-refractivity contribution is -0.153. The van der Waals surface area contributed by atoms with Crippen molar-refractivity contribution in [3.05, 3.63) is 11.7 Å². The molecule has 0 spiro atoms. The number of carboxylic acid groups (broad SMARTS) is 1. The van der Waals surface area contributed by atoms with Gasteiger partial charge in [0.1, 0.15) is 5.54 Å². The first-order valence-corrected chi connectivity index (χ1v) is 8.48. The third-order valence-corrected chi connectivity index (χ3v) is 5.54. The van der Waals surface area contributed by atoms with Crippen molar-refractivity contribution in [2.75, 3.05) is 0 Å². The Bertz CT molecular complexity index is 631. The van der Waals surface area contributed by atoms with E-state index in [1.54, 1.807) is 0 Å². The van der Waals surface area contributed by atoms with Crippen LogP contribution in [0.5, 0.6) is 0 Å². The van der Waals surface area contributed by atoms with Crippen LogP contribution in [0, 0.1) is 11.8 Å². The molecule has 1 aromatic heterocycles. The first kappa shape index (κ1) is 14.7. The van der Waals surface area contributed by atoms with Crippen LogP contribution in [0.3, 0.4) is 0 Å². The molecule has 3 aliphatic carbocycles. The van der Waals surface area contributed by atoms with Crippen LogP contribution in [-0.4, -0.2) is 27.1 Å². The maximum atomic E-state index is 12.6. The molecule has 0 aromatic carbocycles. The molecule has 0 saturated heterocycles. The fourth-order valence-corrected chi connectivity index (χ4v) is 3.75. The van der Waals surface area contributed by atoms with Crippen molar-refractivity contribution < 1.29 is 19.2 Å². The summed E-state index contributed by atoms with van der Waals surface area (Å²) >= 11 is 0. The molecule has 7 nitrogen and oxygen atoms in total. The van der Waals surface area contributed by atoms with Crippen molar-refractivity contribution in [1.82, 2.24) is 15.5 Å². The largest absolute Gasteiger partial charge is 0.481 e. The minimum atomic E-state index is -0.882. The Labute approximate surface area is 133 Å². The highest BCUT2D eigenvalue weighted by molar-refractivity contribution is 5.86. The summed E-state index contributed by atoms with van der Waals surface area (Å²) in [6.07, 6.45) is 6.96. The van der Waals surface area contributed by atoms with Gasteiger partial charge in [0.2, 0.25) is 11.8 Å². The highest BCUT2D eigenvalue weighted by Gasteiger charge is 2.47. The smallest absolute Gasteiger partial charge is 0.307 e. The number of hydrogen-bond acceptors (Lipinski definition) is 5. The number of amides is 1. The van der Waals surface area contributed by atoms with Crippen LogP contribution < -0.4 is 5.32 Å². The number of nitrogens with one attached hydrogen (secondary N) is 1. The highest BCUT2D eigenvalue weighted by atomic mass is 16.5. The van der Waals surface area contributed by atoms with Crippen LogP contribution in [0.1, 0.15) is 69.0 Å². The molecule has 7 heteroatoms. The Balaban J connectivity index is 1.52. The second kappa shape index (κ2) is 5.32. The monoisotopic (exact) mass is 319 g/mol. The van der Waals surface area contributed by atoms with E-state index in [1.807, 2.05) is 0 Å². The molecular formula is C16H21N3O4. The van der Waals surface area contributed by atoms with Gasteiger partial charge in [0.25, 0.3) is 0 Å². The van der Waals surface area contributed by atoms with E-state index in [-0.39, 0.29) is 5.91 Å². The quantitative estimate of drug-likeness (QED) is 0.859. The Hall–Kier alpha value is -1.92. The zero-order chi connectivity index (χ0) is 16.0. The Morgan fingerprint density at radius 1 is 1.13 bits per heavy atom. The maximum Gasteiger partial charge on any atom is 0.307 e. The average molecular weight is 319 g/mol. The zero-order valence-electron chi connectivity index (χ0n) is 13.0. The Morgan fingerprint density at radius 3 is 2.39 bits per heavy atom. The summed E-state index contributed by atoms with van der Waals surface area (Å²) in [5.41, 5.74) is -0.577. The van der Waals surface area contributed by atoms with Crippen molar-refractivity contribution in [2.24, 2.45) is 11.8 Å². The molecule has 0 radical (unpaired) electrons. The van der Waals surface area contributed by atoms with Gasteiger partial charge >= 0.3 is 5.97 Å². The number of carbonyl (C=O) groups is 2. The number of nitrogens with zero attached hydrogens (tertiary/aromatic N) is 2. The minimum Gasteiger partial charge on any atom is -0.481 e. The predicted octanol–water partition coefficient (Wildman–Crippen LogP) is 1.94. The van der Waals surface area contributed by atoms with Crippen molar-refractivity contribution in [3.63, 3.8) is 0 Å². The molecule has 2 N–H and O–H groups in total. The summed E-state index contributed by atoms with van der Waals surface area (Å²) in [4.78, 5) is 28.2. The fourth-order valence-electron chi connectivity index (χ4n) is 3.75.